The summed E-state index contributed by atoms with van der Waals surface area (Å²) in [7, 11) is 1.86. The highest BCUT2D eigenvalue weighted by atomic mass is 16.5. The topological polar surface area (TPSA) is 116 Å². The van der Waals surface area contributed by atoms with Crippen LogP contribution in [-0.4, -0.2) is 54.8 Å². The highest BCUT2D eigenvalue weighted by molar-refractivity contribution is 5.96. The third kappa shape index (κ3) is 7.21. The average Bonchev–Trinajstić information content (AvgIpc) is 2.85. The lowest BCUT2D eigenvalue weighted by molar-refractivity contribution is -0.136. The average molecular weight is 480 g/mol. The molecule has 1 atom stereocenters. The molecule has 0 bridgehead atoms. The summed E-state index contributed by atoms with van der Waals surface area (Å²) >= 11 is 0. The van der Waals surface area contributed by atoms with E-state index in [1.165, 1.54) is 0 Å². The molecule has 0 aliphatic carbocycles. The van der Waals surface area contributed by atoms with Crippen molar-refractivity contribution in [2.75, 3.05) is 25.0 Å². The summed E-state index contributed by atoms with van der Waals surface area (Å²) < 4.78 is 11.8. The van der Waals surface area contributed by atoms with E-state index in [1.54, 1.807) is 18.2 Å². The number of ether oxygens (including phenoxy) is 2. The first-order valence-corrected chi connectivity index (χ1v) is 12.2. The number of nitrogen functional groups attached to an aromatic ring is 1. The van der Waals surface area contributed by atoms with E-state index in [4.69, 9.17) is 26.0 Å². The number of unbranched alkanes of at least 4 members (excludes halogenated alkanes) is 1. The van der Waals surface area contributed by atoms with Gasteiger partial charge in [-0.1, -0.05) is 31.9 Å². The van der Waals surface area contributed by atoms with Crippen LogP contribution in [0.1, 0.15) is 51.5 Å². The Morgan fingerprint density at radius 3 is 2.40 bits per heavy atom. The Bertz CT molecular complexity index is 1020. The number of anilines is 1. The standard InChI is InChI=1S/C27H37N5O3/c1-4-5-9-25(31(3)21-8-6-7-20(18-21)26(29)30)27(33)35-23-12-10-22(11-13-23)34-24-14-16-32(17-15-24)19(2)28/h6-8,10-13,18,24-25,28H,4-5,9,14-17H2,1-3H3,(H3,29,30)/t25-/m1/s1. The van der Waals surface area contributed by atoms with Gasteiger partial charge < -0.3 is 25.0 Å². The number of amidine groups is 2. The maximum Gasteiger partial charge on any atom is 0.334 e. The van der Waals surface area contributed by atoms with Crippen molar-refractivity contribution in [3.63, 3.8) is 0 Å². The molecule has 4 N–H and O–H groups in total. The zero-order chi connectivity index (χ0) is 25.4. The van der Waals surface area contributed by atoms with Crippen LogP contribution in [0.4, 0.5) is 5.69 Å². The molecule has 35 heavy (non-hydrogen) atoms. The van der Waals surface area contributed by atoms with E-state index in [0.29, 0.717) is 23.6 Å². The fraction of sp³-hybridized carbons (Fsp3) is 0.444. The van der Waals surface area contributed by atoms with E-state index in [-0.39, 0.29) is 17.9 Å². The summed E-state index contributed by atoms with van der Waals surface area (Å²) in [5.41, 5.74) is 7.07. The molecule has 0 unspecified atom stereocenters. The molecule has 0 aromatic heterocycles. The number of hydrogen-bond acceptors (Lipinski definition) is 6. The van der Waals surface area contributed by atoms with Crippen molar-refractivity contribution in [2.24, 2.45) is 5.73 Å². The van der Waals surface area contributed by atoms with Gasteiger partial charge >= 0.3 is 5.97 Å². The van der Waals surface area contributed by atoms with Gasteiger partial charge in [-0.25, -0.2) is 4.79 Å². The number of likely N-dealkylation sites (N-methyl/N-ethyl adjacent to an activating group) is 1. The third-order valence-electron chi connectivity index (χ3n) is 6.40. The van der Waals surface area contributed by atoms with E-state index >= 15 is 0 Å². The van der Waals surface area contributed by atoms with Gasteiger partial charge in [0.2, 0.25) is 0 Å². The first-order chi connectivity index (χ1) is 16.8. The third-order valence-corrected chi connectivity index (χ3v) is 6.40. The number of piperidine rings is 1. The SMILES string of the molecule is CCCC[C@H](C(=O)Oc1ccc(OC2CCN(C(C)=N)CC2)cc1)N(C)c1cccc(C(=N)N)c1. The molecule has 1 heterocycles. The number of likely N-dealkylation sites (tertiary alicyclic amines) is 1. The number of esters is 1. The van der Waals surface area contributed by atoms with Gasteiger partial charge in [0, 0.05) is 44.2 Å². The predicted molar refractivity (Wildman–Crippen MR) is 140 cm³/mol. The molecule has 1 fully saturated rings. The molecule has 2 aromatic rings. The first kappa shape index (κ1) is 26.1. The summed E-state index contributed by atoms with van der Waals surface area (Å²) in [6, 6.07) is 14.0. The molecule has 0 amide bonds. The number of rotatable bonds is 10. The molecule has 3 rings (SSSR count). The summed E-state index contributed by atoms with van der Waals surface area (Å²) in [6.07, 6.45) is 4.39. The molecule has 1 aliphatic rings. The summed E-state index contributed by atoms with van der Waals surface area (Å²) in [5.74, 6) is 1.49. The van der Waals surface area contributed by atoms with Crippen molar-refractivity contribution in [2.45, 2.75) is 58.1 Å². The van der Waals surface area contributed by atoms with Crippen molar-refractivity contribution in [1.82, 2.24) is 4.90 Å². The van der Waals surface area contributed by atoms with Crippen LogP contribution >= 0.6 is 0 Å². The Morgan fingerprint density at radius 1 is 1.14 bits per heavy atom. The van der Waals surface area contributed by atoms with Crippen molar-refractivity contribution in [1.29, 1.82) is 10.8 Å². The molecular formula is C27H37N5O3. The van der Waals surface area contributed by atoms with Gasteiger partial charge in [0.05, 0.1) is 5.84 Å². The Morgan fingerprint density at radius 2 is 1.80 bits per heavy atom. The zero-order valence-corrected chi connectivity index (χ0v) is 20.9. The molecular weight excluding hydrogens is 442 g/mol. The second-order valence-electron chi connectivity index (χ2n) is 9.02. The van der Waals surface area contributed by atoms with Crippen LogP contribution in [0.3, 0.4) is 0 Å². The van der Waals surface area contributed by atoms with Gasteiger partial charge in [-0.2, -0.15) is 0 Å². The molecule has 0 saturated carbocycles. The quantitative estimate of drug-likeness (QED) is 0.201. The lowest BCUT2D eigenvalue weighted by atomic mass is 10.1. The largest absolute Gasteiger partial charge is 0.490 e. The minimum Gasteiger partial charge on any atom is -0.490 e. The fourth-order valence-electron chi connectivity index (χ4n) is 4.21. The molecule has 1 aliphatic heterocycles. The van der Waals surface area contributed by atoms with Crippen molar-refractivity contribution >= 4 is 23.3 Å². The van der Waals surface area contributed by atoms with Crippen LogP contribution in [0, 0.1) is 10.8 Å². The number of carbonyl (C=O) groups is 1. The maximum atomic E-state index is 13.2. The Hall–Kier alpha value is -3.55. The van der Waals surface area contributed by atoms with Crippen LogP contribution in [0.2, 0.25) is 0 Å². The van der Waals surface area contributed by atoms with Gasteiger partial charge in [-0.05, 0) is 49.7 Å². The predicted octanol–water partition coefficient (Wildman–Crippen LogP) is 4.41. The lowest BCUT2D eigenvalue weighted by Crippen LogP contribution is -2.41. The summed E-state index contributed by atoms with van der Waals surface area (Å²) in [5, 5.41) is 15.4. The Kier molecular flexibility index (Phi) is 9.11. The normalized spacial score (nSPS) is 14.8. The molecule has 8 heteroatoms. The summed E-state index contributed by atoms with van der Waals surface area (Å²) in [6.45, 7) is 5.57. The van der Waals surface area contributed by atoms with Crippen LogP contribution < -0.4 is 20.1 Å². The van der Waals surface area contributed by atoms with Crippen LogP contribution in [0.15, 0.2) is 48.5 Å². The summed E-state index contributed by atoms with van der Waals surface area (Å²) in [4.78, 5) is 17.1. The van der Waals surface area contributed by atoms with Crippen molar-refractivity contribution in [3.05, 3.63) is 54.1 Å². The highest BCUT2D eigenvalue weighted by Gasteiger charge is 2.26. The monoisotopic (exact) mass is 479 g/mol. The van der Waals surface area contributed by atoms with E-state index < -0.39 is 6.04 Å². The number of benzene rings is 2. The molecule has 2 aromatic carbocycles. The number of nitrogens with two attached hydrogens (primary N) is 1. The molecule has 1 saturated heterocycles. The number of nitrogens with zero attached hydrogens (tertiary/aromatic N) is 2. The van der Waals surface area contributed by atoms with Gasteiger partial charge in [0.15, 0.2) is 0 Å². The maximum absolute atomic E-state index is 13.2. The molecule has 0 spiro atoms. The van der Waals surface area contributed by atoms with E-state index in [9.17, 15) is 4.79 Å². The van der Waals surface area contributed by atoms with Gasteiger partial charge in [-0.15, -0.1) is 0 Å². The van der Waals surface area contributed by atoms with Gasteiger partial charge in [-0.3, -0.25) is 10.8 Å². The fourth-order valence-corrected chi connectivity index (χ4v) is 4.21. The smallest absolute Gasteiger partial charge is 0.334 e. The second kappa shape index (κ2) is 12.2. The zero-order valence-electron chi connectivity index (χ0n) is 20.9. The molecule has 0 radical (unpaired) electrons. The molecule has 8 nitrogen and oxygen atoms in total. The number of carbonyl (C=O) groups excluding carboxylic acids is 1. The van der Waals surface area contributed by atoms with Crippen LogP contribution in [-0.2, 0) is 4.79 Å². The second-order valence-corrected chi connectivity index (χ2v) is 9.02. The minimum absolute atomic E-state index is 0.00867. The first-order valence-electron chi connectivity index (χ1n) is 12.2. The van der Waals surface area contributed by atoms with Crippen molar-refractivity contribution in [3.8, 4) is 11.5 Å². The van der Waals surface area contributed by atoms with Crippen LogP contribution in [0.25, 0.3) is 0 Å². The van der Waals surface area contributed by atoms with E-state index in [0.717, 1.165) is 50.2 Å². The highest BCUT2D eigenvalue weighted by Crippen LogP contribution is 2.25. The lowest BCUT2D eigenvalue weighted by Gasteiger charge is -2.32. The van der Waals surface area contributed by atoms with Gasteiger partial charge in [0.1, 0.15) is 29.5 Å². The van der Waals surface area contributed by atoms with Crippen LogP contribution in [0.5, 0.6) is 11.5 Å². The molecule has 188 valence electrons. The van der Waals surface area contributed by atoms with E-state index in [1.807, 2.05) is 49.2 Å². The van der Waals surface area contributed by atoms with Crippen molar-refractivity contribution < 1.29 is 14.3 Å². The number of nitrogens with one attached hydrogen (secondary N) is 2. The van der Waals surface area contributed by atoms with Gasteiger partial charge in [0.25, 0.3) is 0 Å². The Labute approximate surface area is 208 Å². The minimum atomic E-state index is -0.462. The van der Waals surface area contributed by atoms with E-state index in [2.05, 4.69) is 11.8 Å². The Balaban J connectivity index is 1.62. The number of hydrogen-bond donors (Lipinski definition) is 3.